The molecule has 0 aliphatic carbocycles. The summed E-state index contributed by atoms with van der Waals surface area (Å²) >= 11 is 0. The zero-order valence-electron chi connectivity index (χ0n) is 14.6. The van der Waals surface area contributed by atoms with Gasteiger partial charge in [0.15, 0.2) is 0 Å². The van der Waals surface area contributed by atoms with Crippen LogP contribution in [0.2, 0.25) is 0 Å². The lowest BCUT2D eigenvalue weighted by molar-refractivity contribution is 0.475. The van der Waals surface area contributed by atoms with E-state index < -0.39 is 0 Å². The molecule has 0 radical (unpaired) electrons. The summed E-state index contributed by atoms with van der Waals surface area (Å²) in [7, 11) is 0. The largest absolute Gasteiger partial charge is 0.508 e. The Morgan fingerprint density at radius 1 is 0.923 bits per heavy atom. The first-order valence-corrected chi connectivity index (χ1v) is 8.99. The Kier molecular flexibility index (Phi) is 4.80. The van der Waals surface area contributed by atoms with Gasteiger partial charge in [0.1, 0.15) is 5.75 Å². The molecule has 1 aliphatic rings. The molecule has 26 heavy (non-hydrogen) atoms. The molecule has 3 nitrogen and oxygen atoms in total. The number of nitrogens with zero attached hydrogens (tertiary/aromatic N) is 1. The minimum absolute atomic E-state index is 0.282. The van der Waals surface area contributed by atoms with Crippen molar-refractivity contribution in [3.05, 3.63) is 90.3 Å². The average molecular weight is 342 g/mol. The van der Waals surface area contributed by atoms with Crippen molar-refractivity contribution < 1.29 is 5.11 Å². The van der Waals surface area contributed by atoms with E-state index in [1.165, 1.54) is 16.7 Å². The average Bonchev–Trinajstić information content (AvgIpc) is 2.70. The molecule has 2 aromatic carbocycles. The van der Waals surface area contributed by atoms with Crippen LogP contribution in [-0.4, -0.2) is 22.7 Å². The third kappa shape index (κ3) is 3.84. The van der Waals surface area contributed by atoms with Crippen LogP contribution in [0.5, 0.6) is 5.75 Å². The summed E-state index contributed by atoms with van der Waals surface area (Å²) in [6, 6.07) is 20.5. The summed E-state index contributed by atoms with van der Waals surface area (Å²) in [5.41, 5.74) is 6.10. The van der Waals surface area contributed by atoms with Crippen LogP contribution in [0.3, 0.4) is 0 Å². The first kappa shape index (κ1) is 16.6. The van der Waals surface area contributed by atoms with Gasteiger partial charge in [0.2, 0.25) is 0 Å². The molecule has 3 heteroatoms. The Bertz CT molecular complexity index is 901. The number of rotatable bonds is 4. The van der Waals surface area contributed by atoms with E-state index >= 15 is 0 Å². The first-order valence-electron chi connectivity index (χ1n) is 8.99. The van der Waals surface area contributed by atoms with Crippen LogP contribution in [0.15, 0.2) is 79.1 Å². The second-order valence-corrected chi connectivity index (χ2v) is 6.74. The second-order valence-electron chi connectivity index (χ2n) is 6.74. The summed E-state index contributed by atoms with van der Waals surface area (Å²) in [6.45, 7) is 0.903. The molecule has 0 saturated heterocycles. The molecule has 0 bridgehead atoms. The highest BCUT2D eigenvalue weighted by molar-refractivity contribution is 5.67. The van der Waals surface area contributed by atoms with Gasteiger partial charge in [0.05, 0.1) is 0 Å². The van der Waals surface area contributed by atoms with Crippen molar-refractivity contribution in [2.45, 2.75) is 18.9 Å². The normalized spacial score (nSPS) is 16.9. The number of aromatic hydroxyl groups is 1. The lowest BCUT2D eigenvalue weighted by Gasteiger charge is -2.25. The molecule has 0 saturated carbocycles. The third-order valence-electron chi connectivity index (χ3n) is 4.84. The van der Waals surface area contributed by atoms with E-state index in [-0.39, 0.29) is 5.75 Å². The van der Waals surface area contributed by atoms with Crippen molar-refractivity contribution in [3.8, 4) is 16.9 Å². The van der Waals surface area contributed by atoms with Gasteiger partial charge in [0, 0.05) is 30.5 Å². The second kappa shape index (κ2) is 7.54. The summed E-state index contributed by atoms with van der Waals surface area (Å²) in [5.74, 6) is 0.282. The van der Waals surface area contributed by atoms with Crippen molar-refractivity contribution in [2.75, 3.05) is 6.54 Å². The molecular formula is C23H22N2O. The van der Waals surface area contributed by atoms with Gasteiger partial charge >= 0.3 is 0 Å². The molecule has 130 valence electrons. The number of nitrogens with one attached hydrogen (secondary N) is 1. The van der Waals surface area contributed by atoms with E-state index in [9.17, 15) is 5.11 Å². The van der Waals surface area contributed by atoms with Gasteiger partial charge in [-0.2, -0.15) is 0 Å². The molecule has 0 spiro atoms. The lowest BCUT2D eigenvalue weighted by atomic mass is 9.92. The maximum absolute atomic E-state index is 9.46. The number of aromatic nitrogens is 1. The number of hydrogen-bond acceptors (Lipinski definition) is 3. The van der Waals surface area contributed by atoms with Gasteiger partial charge in [-0.25, -0.2) is 0 Å². The van der Waals surface area contributed by atoms with Crippen LogP contribution in [-0.2, 0) is 6.42 Å². The third-order valence-corrected chi connectivity index (χ3v) is 4.84. The molecule has 4 rings (SSSR count). The molecule has 1 unspecified atom stereocenters. The fourth-order valence-corrected chi connectivity index (χ4v) is 3.50. The summed E-state index contributed by atoms with van der Waals surface area (Å²) < 4.78 is 0. The van der Waals surface area contributed by atoms with Crippen molar-refractivity contribution >= 4 is 5.57 Å². The Morgan fingerprint density at radius 3 is 2.54 bits per heavy atom. The van der Waals surface area contributed by atoms with Gasteiger partial charge in [-0.1, -0.05) is 48.5 Å². The Labute approximate surface area is 154 Å². The highest BCUT2D eigenvalue weighted by atomic mass is 16.3. The van der Waals surface area contributed by atoms with Crippen LogP contribution >= 0.6 is 0 Å². The maximum Gasteiger partial charge on any atom is 0.115 e. The topological polar surface area (TPSA) is 45.2 Å². The minimum atomic E-state index is 0.282. The monoisotopic (exact) mass is 342 g/mol. The predicted molar refractivity (Wildman–Crippen MR) is 106 cm³/mol. The van der Waals surface area contributed by atoms with Gasteiger partial charge in [-0.15, -0.1) is 0 Å². The first-order chi connectivity index (χ1) is 12.8. The van der Waals surface area contributed by atoms with E-state index in [0.29, 0.717) is 6.04 Å². The van der Waals surface area contributed by atoms with E-state index in [1.807, 2.05) is 24.5 Å². The van der Waals surface area contributed by atoms with Crippen molar-refractivity contribution in [3.63, 3.8) is 0 Å². The van der Waals surface area contributed by atoms with Gasteiger partial charge in [-0.05, 0) is 53.3 Å². The Balaban J connectivity index is 1.48. The predicted octanol–water partition coefficient (Wildman–Crippen LogP) is 4.44. The lowest BCUT2D eigenvalue weighted by Crippen LogP contribution is -2.34. The SMILES string of the molecule is Oc1ccc(-c2cncc(CC3CC(c4ccccc4)=CCN3)c2)cc1. The fraction of sp³-hybridized carbons (Fsp3) is 0.174. The van der Waals surface area contributed by atoms with Crippen LogP contribution < -0.4 is 5.32 Å². The molecule has 3 aromatic rings. The number of benzene rings is 2. The molecule has 0 fully saturated rings. The molecule has 1 aliphatic heterocycles. The highest BCUT2D eigenvalue weighted by Crippen LogP contribution is 2.26. The molecule has 0 amide bonds. The van der Waals surface area contributed by atoms with Gasteiger partial charge < -0.3 is 10.4 Å². The molecule has 2 N–H and O–H groups in total. The molecule has 2 heterocycles. The smallest absolute Gasteiger partial charge is 0.115 e. The van der Waals surface area contributed by atoms with Crippen molar-refractivity contribution in [1.82, 2.24) is 10.3 Å². The summed E-state index contributed by atoms with van der Waals surface area (Å²) in [4.78, 5) is 4.42. The number of phenols is 1. The Hall–Kier alpha value is -2.91. The summed E-state index contributed by atoms with van der Waals surface area (Å²) in [5, 5.41) is 13.1. The summed E-state index contributed by atoms with van der Waals surface area (Å²) in [6.07, 6.45) is 8.08. The standard InChI is InChI=1S/C23H22N2O/c26-23-8-6-19(7-9-23)21-12-17(15-24-16-21)13-22-14-20(10-11-25-22)18-4-2-1-3-5-18/h1-10,12,15-16,22,25-26H,11,13-14H2. The van der Waals surface area contributed by atoms with E-state index in [0.717, 1.165) is 30.5 Å². The van der Waals surface area contributed by atoms with Gasteiger partial charge in [0.25, 0.3) is 0 Å². The molecular weight excluding hydrogens is 320 g/mol. The quantitative estimate of drug-likeness (QED) is 0.737. The zero-order valence-corrected chi connectivity index (χ0v) is 14.6. The number of phenolic OH excluding ortho intramolecular Hbond substituents is 1. The van der Waals surface area contributed by atoms with E-state index in [1.54, 1.807) is 12.1 Å². The van der Waals surface area contributed by atoms with Crippen molar-refractivity contribution in [1.29, 1.82) is 0 Å². The van der Waals surface area contributed by atoms with Crippen LogP contribution in [0.25, 0.3) is 16.7 Å². The van der Waals surface area contributed by atoms with E-state index in [2.05, 4.69) is 52.8 Å². The van der Waals surface area contributed by atoms with E-state index in [4.69, 9.17) is 0 Å². The Morgan fingerprint density at radius 2 is 1.73 bits per heavy atom. The fourth-order valence-electron chi connectivity index (χ4n) is 3.50. The minimum Gasteiger partial charge on any atom is -0.508 e. The number of hydrogen-bond donors (Lipinski definition) is 2. The zero-order chi connectivity index (χ0) is 17.8. The molecule has 1 aromatic heterocycles. The van der Waals surface area contributed by atoms with Crippen LogP contribution in [0.1, 0.15) is 17.5 Å². The van der Waals surface area contributed by atoms with Crippen LogP contribution in [0, 0.1) is 0 Å². The maximum atomic E-state index is 9.46. The number of pyridine rings is 1. The van der Waals surface area contributed by atoms with Gasteiger partial charge in [-0.3, -0.25) is 4.98 Å². The molecule has 1 atom stereocenters. The van der Waals surface area contributed by atoms with Crippen LogP contribution in [0.4, 0.5) is 0 Å². The van der Waals surface area contributed by atoms with Crippen molar-refractivity contribution in [2.24, 2.45) is 0 Å². The highest BCUT2D eigenvalue weighted by Gasteiger charge is 2.16.